The molecule has 0 aromatic heterocycles. The molecule has 0 atom stereocenters. The average Bonchev–Trinajstić information content (AvgIpc) is 2.21. The van der Waals surface area contributed by atoms with Crippen LogP contribution in [0.15, 0.2) is 24.3 Å². The first-order chi connectivity index (χ1) is 7.53. The van der Waals surface area contributed by atoms with Crippen LogP contribution >= 0.6 is 0 Å². The van der Waals surface area contributed by atoms with Crippen molar-refractivity contribution in [3.8, 4) is 6.07 Å². The Labute approximate surface area is 94.4 Å². The number of hydrogen-bond donors (Lipinski definition) is 0. The smallest absolute Gasteiger partial charge is 0.154 e. The normalized spacial score (nSPS) is 11.0. The zero-order valence-corrected chi connectivity index (χ0v) is 9.50. The van der Waals surface area contributed by atoms with Crippen LogP contribution in [0.2, 0.25) is 0 Å². The fourth-order valence-corrected chi connectivity index (χ4v) is 2.71. The maximum Gasteiger partial charge on any atom is 0.154 e. The molecule has 0 N–H and O–H groups in total. The van der Waals surface area contributed by atoms with Crippen LogP contribution in [-0.2, 0) is 15.6 Å². The number of hydrogen-bond acceptors (Lipinski definition) is 3. The Kier molecular flexibility index (Phi) is 4.44. The van der Waals surface area contributed by atoms with Gasteiger partial charge in [-0.2, -0.15) is 5.26 Å². The molecule has 0 aliphatic carbocycles. The fourth-order valence-electron chi connectivity index (χ4n) is 1.28. The second-order valence-electron chi connectivity index (χ2n) is 3.48. The number of nitrogens with zero attached hydrogens (tertiary/aromatic N) is 1. The van der Waals surface area contributed by atoms with Crippen molar-refractivity contribution in [2.45, 2.75) is 18.6 Å². The van der Waals surface area contributed by atoms with Gasteiger partial charge in [-0.15, -0.1) is 0 Å². The third kappa shape index (κ3) is 4.41. The lowest BCUT2D eigenvalue weighted by Gasteiger charge is -2.03. The molecule has 16 heavy (non-hydrogen) atoms. The zero-order chi connectivity index (χ0) is 12.0. The summed E-state index contributed by atoms with van der Waals surface area (Å²) in [5, 5.41) is 8.30. The summed E-state index contributed by atoms with van der Waals surface area (Å²) in [6, 6.07) is 7.28. The van der Waals surface area contributed by atoms with E-state index < -0.39 is 9.84 Å². The highest BCUT2D eigenvalue weighted by molar-refractivity contribution is 7.90. The Balaban J connectivity index is 2.59. The van der Waals surface area contributed by atoms with Crippen molar-refractivity contribution < 1.29 is 12.8 Å². The van der Waals surface area contributed by atoms with Gasteiger partial charge >= 0.3 is 0 Å². The first-order valence-corrected chi connectivity index (χ1v) is 6.67. The van der Waals surface area contributed by atoms with Crippen LogP contribution in [0.4, 0.5) is 4.39 Å². The summed E-state index contributed by atoms with van der Waals surface area (Å²) in [5.41, 5.74) is 0.568. The molecule has 0 saturated heterocycles. The third-order valence-corrected chi connectivity index (χ3v) is 3.73. The molecule has 0 fully saturated rings. The van der Waals surface area contributed by atoms with Crippen molar-refractivity contribution in [3.05, 3.63) is 35.6 Å². The van der Waals surface area contributed by atoms with Crippen molar-refractivity contribution in [1.82, 2.24) is 0 Å². The molecule has 0 aliphatic heterocycles. The Morgan fingerprint density at radius 3 is 2.44 bits per heavy atom. The van der Waals surface area contributed by atoms with Gasteiger partial charge in [-0.3, -0.25) is 0 Å². The van der Waals surface area contributed by atoms with E-state index in [0.717, 1.165) is 0 Å². The molecule has 5 heteroatoms. The van der Waals surface area contributed by atoms with Crippen molar-refractivity contribution in [3.63, 3.8) is 0 Å². The van der Waals surface area contributed by atoms with Gasteiger partial charge in [-0.05, 0) is 24.1 Å². The second kappa shape index (κ2) is 5.61. The van der Waals surface area contributed by atoms with E-state index in [9.17, 15) is 12.8 Å². The van der Waals surface area contributed by atoms with Gasteiger partial charge in [0.1, 0.15) is 5.82 Å². The number of halogens is 1. The Bertz CT molecular complexity index is 474. The highest BCUT2D eigenvalue weighted by Gasteiger charge is 2.11. The summed E-state index contributed by atoms with van der Waals surface area (Å²) >= 11 is 0. The van der Waals surface area contributed by atoms with Gasteiger partial charge in [0.05, 0.1) is 17.6 Å². The largest absolute Gasteiger partial charge is 0.228 e. The number of unbranched alkanes of at least 4 members (excludes halogenated alkanes) is 1. The fraction of sp³-hybridized carbons (Fsp3) is 0.364. The van der Waals surface area contributed by atoms with E-state index in [2.05, 4.69) is 0 Å². The van der Waals surface area contributed by atoms with Crippen molar-refractivity contribution >= 4 is 9.84 Å². The number of sulfone groups is 1. The van der Waals surface area contributed by atoms with Crippen LogP contribution in [0.5, 0.6) is 0 Å². The van der Waals surface area contributed by atoms with Crippen molar-refractivity contribution in [2.24, 2.45) is 0 Å². The van der Waals surface area contributed by atoms with Gasteiger partial charge in [-0.1, -0.05) is 12.1 Å². The maximum atomic E-state index is 12.6. The third-order valence-electron chi connectivity index (χ3n) is 2.04. The number of rotatable bonds is 5. The van der Waals surface area contributed by atoms with Crippen LogP contribution in [0, 0.1) is 17.1 Å². The molecule has 1 rings (SSSR count). The summed E-state index contributed by atoms with van der Waals surface area (Å²) in [5.74, 6) is -0.484. The minimum atomic E-state index is -3.19. The Hall–Kier alpha value is -1.41. The van der Waals surface area contributed by atoms with E-state index in [1.54, 1.807) is 0 Å². The predicted molar refractivity (Wildman–Crippen MR) is 58.7 cm³/mol. The van der Waals surface area contributed by atoms with Gasteiger partial charge in [0, 0.05) is 6.42 Å². The molecule has 0 unspecified atom stereocenters. The van der Waals surface area contributed by atoms with Gasteiger partial charge in [0.25, 0.3) is 0 Å². The lowest BCUT2D eigenvalue weighted by atomic mass is 10.2. The van der Waals surface area contributed by atoms with Crippen LogP contribution in [0.3, 0.4) is 0 Å². The summed E-state index contributed by atoms with van der Waals surface area (Å²) < 4.78 is 35.7. The lowest BCUT2D eigenvalue weighted by Crippen LogP contribution is -2.09. The Morgan fingerprint density at radius 1 is 1.25 bits per heavy atom. The van der Waals surface area contributed by atoms with E-state index in [4.69, 9.17) is 5.26 Å². The number of nitriles is 1. The molecule has 0 spiro atoms. The first-order valence-electron chi connectivity index (χ1n) is 4.85. The highest BCUT2D eigenvalue weighted by Crippen LogP contribution is 2.09. The van der Waals surface area contributed by atoms with Gasteiger partial charge in [-0.25, -0.2) is 12.8 Å². The molecule has 86 valence electrons. The molecule has 0 radical (unpaired) electrons. The first kappa shape index (κ1) is 12.7. The monoisotopic (exact) mass is 241 g/mol. The molecule has 0 amide bonds. The minimum Gasteiger partial charge on any atom is -0.228 e. The second-order valence-corrected chi connectivity index (χ2v) is 5.66. The van der Waals surface area contributed by atoms with Crippen LogP contribution in [0.25, 0.3) is 0 Å². The molecule has 0 saturated carbocycles. The molecular weight excluding hydrogens is 229 g/mol. The standard InChI is InChI=1S/C11H12FNO2S/c12-11-5-3-10(4-6-11)9-16(14,15)8-2-1-7-13/h3-6H,1-2,8-9H2. The maximum absolute atomic E-state index is 12.6. The lowest BCUT2D eigenvalue weighted by molar-refractivity contribution is 0.592. The molecule has 0 aliphatic rings. The van der Waals surface area contributed by atoms with Gasteiger partial charge in [0.15, 0.2) is 9.84 Å². The average molecular weight is 241 g/mol. The Morgan fingerprint density at radius 2 is 1.88 bits per heavy atom. The molecule has 1 aromatic rings. The molecule has 1 aromatic carbocycles. The van der Waals surface area contributed by atoms with E-state index in [1.807, 2.05) is 6.07 Å². The number of benzene rings is 1. The summed E-state index contributed by atoms with van der Waals surface area (Å²) in [6.07, 6.45) is 0.586. The van der Waals surface area contributed by atoms with Gasteiger partial charge in [0.2, 0.25) is 0 Å². The molecule has 3 nitrogen and oxygen atoms in total. The van der Waals surface area contributed by atoms with E-state index >= 15 is 0 Å². The SMILES string of the molecule is N#CCCCS(=O)(=O)Cc1ccc(F)cc1. The van der Waals surface area contributed by atoms with E-state index in [0.29, 0.717) is 12.0 Å². The summed E-state index contributed by atoms with van der Waals surface area (Å²) in [7, 11) is -3.19. The van der Waals surface area contributed by atoms with E-state index in [-0.39, 0.29) is 23.7 Å². The van der Waals surface area contributed by atoms with Crippen LogP contribution in [-0.4, -0.2) is 14.2 Å². The predicted octanol–water partition coefficient (Wildman–Crippen LogP) is 2.04. The molecule has 0 heterocycles. The highest BCUT2D eigenvalue weighted by atomic mass is 32.2. The molecular formula is C11H12FNO2S. The van der Waals surface area contributed by atoms with E-state index in [1.165, 1.54) is 24.3 Å². The van der Waals surface area contributed by atoms with Crippen LogP contribution in [0.1, 0.15) is 18.4 Å². The minimum absolute atomic E-state index is 0.00205. The topological polar surface area (TPSA) is 57.9 Å². The summed E-state index contributed by atoms with van der Waals surface area (Å²) in [4.78, 5) is 0. The quantitative estimate of drug-likeness (QED) is 0.741. The zero-order valence-electron chi connectivity index (χ0n) is 8.69. The van der Waals surface area contributed by atoms with Crippen LogP contribution < -0.4 is 0 Å². The van der Waals surface area contributed by atoms with Crippen molar-refractivity contribution in [2.75, 3.05) is 5.75 Å². The van der Waals surface area contributed by atoms with Gasteiger partial charge < -0.3 is 0 Å². The summed E-state index contributed by atoms with van der Waals surface area (Å²) in [6.45, 7) is 0. The molecule has 0 bridgehead atoms. The van der Waals surface area contributed by atoms with Crippen molar-refractivity contribution in [1.29, 1.82) is 5.26 Å².